The predicted molar refractivity (Wildman–Crippen MR) is 77.1 cm³/mol. The molecule has 0 atom stereocenters. The lowest BCUT2D eigenvalue weighted by Gasteiger charge is -2.13. The maximum absolute atomic E-state index is 12.6. The molecule has 0 aliphatic rings. The lowest BCUT2D eigenvalue weighted by Crippen LogP contribution is -2.06. The largest absolute Gasteiger partial charge is 0.496 e. The van der Waals surface area contributed by atoms with Crippen LogP contribution in [0.25, 0.3) is 0 Å². The summed E-state index contributed by atoms with van der Waals surface area (Å²) in [6, 6.07) is 11.4. The second kappa shape index (κ2) is 5.27. The second-order valence-corrected chi connectivity index (χ2v) is 4.79. The fraction of sp³-hybridized carbons (Fsp3) is 0.235. The molecule has 0 amide bonds. The Balaban J connectivity index is 2.53. The van der Waals surface area contributed by atoms with Crippen molar-refractivity contribution in [2.24, 2.45) is 0 Å². The smallest absolute Gasteiger partial charge is 0.196 e. The molecule has 0 heterocycles. The molecule has 0 radical (unpaired) electrons. The summed E-state index contributed by atoms with van der Waals surface area (Å²) in [5.74, 6) is 0.676. The van der Waals surface area contributed by atoms with Crippen molar-refractivity contribution >= 4 is 5.78 Å². The first-order valence-corrected chi connectivity index (χ1v) is 6.30. The van der Waals surface area contributed by atoms with Gasteiger partial charge < -0.3 is 4.74 Å². The van der Waals surface area contributed by atoms with Crippen LogP contribution in [0.4, 0.5) is 0 Å². The van der Waals surface area contributed by atoms with E-state index in [9.17, 15) is 4.79 Å². The first kappa shape index (κ1) is 13.3. The summed E-state index contributed by atoms with van der Waals surface area (Å²) >= 11 is 0. The van der Waals surface area contributed by atoms with Gasteiger partial charge in [0.25, 0.3) is 0 Å². The summed E-state index contributed by atoms with van der Waals surface area (Å²) in [4.78, 5) is 12.6. The number of aryl methyl sites for hydroxylation is 2. The maximum Gasteiger partial charge on any atom is 0.196 e. The topological polar surface area (TPSA) is 26.3 Å². The van der Waals surface area contributed by atoms with Crippen molar-refractivity contribution in [3.8, 4) is 5.75 Å². The van der Waals surface area contributed by atoms with Crippen LogP contribution in [0.2, 0.25) is 0 Å². The minimum absolute atomic E-state index is 0.00338. The maximum atomic E-state index is 12.6. The number of ketones is 1. The predicted octanol–water partition coefficient (Wildman–Crippen LogP) is 3.85. The number of ether oxygens (including phenoxy) is 1. The molecule has 2 aromatic rings. The molecule has 2 rings (SSSR count). The molecule has 0 fully saturated rings. The fourth-order valence-electron chi connectivity index (χ4n) is 2.17. The van der Waals surface area contributed by atoms with Crippen molar-refractivity contribution in [2.75, 3.05) is 7.11 Å². The van der Waals surface area contributed by atoms with Gasteiger partial charge in [-0.25, -0.2) is 0 Å². The van der Waals surface area contributed by atoms with Gasteiger partial charge in [0.05, 0.1) is 12.7 Å². The minimum Gasteiger partial charge on any atom is -0.496 e. The Hall–Kier alpha value is -2.09. The lowest BCUT2D eigenvalue weighted by molar-refractivity contribution is 0.103. The quantitative estimate of drug-likeness (QED) is 0.778. The first-order chi connectivity index (χ1) is 9.04. The van der Waals surface area contributed by atoms with Gasteiger partial charge in [0.15, 0.2) is 5.78 Å². The molecular weight excluding hydrogens is 236 g/mol. The highest BCUT2D eigenvalue weighted by atomic mass is 16.5. The van der Waals surface area contributed by atoms with E-state index in [0.717, 1.165) is 16.7 Å². The Morgan fingerprint density at radius 1 is 1.05 bits per heavy atom. The minimum atomic E-state index is 0.00338. The van der Waals surface area contributed by atoms with Gasteiger partial charge in [0.1, 0.15) is 5.75 Å². The third-order valence-corrected chi connectivity index (χ3v) is 3.41. The van der Waals surface area contributed by atoms with Gasteiger partial charge in [-0.3, -0.25) is 4.79 Å². The van der Waals surface area contributed by atoms with Gasteiger partial charge >= 0.3 is 0 Å². The highest BCUT2D eigenvalue weighted by molar-refractivity contribution is 6.11. The molecule has 0 aromatic heterocycles. The first-order valence-electron chi connectivity index (χ1n) is 6.30. The van der Waals surface area contributed by atoms with Gasteiger partial charge in [0, 0.05) is 5.56 Å². The molecular formula is C17H18O2. The Bertz CT molecular complexity index is 627. The zero-order valence-corrected chi connectivity index (χ0v) is 11.8. The molecule has 19 heavy (non-hydrogen) atoms. The molecule has 0 unspecified atom stereocenters. The highest BCUT2D eigenvalue weighted by Crippen LogP contribution is 2.28. The van der Waals surface area contributed by atoms with Crippen molar-refractivity contribution < 1.29 is 9.53 Å². The standard InChI is InChI=1S/C17H18O2/c1-11-6-5-7-14(10-11)16(18)15-9-8-12(2)13(3)17(15)19-4/h5-10H,1-4H3. The Morgan fingerprint density at radius 2 is 1.79 bits per heavy atom. The summed E-state index contributed by atoms with van der Waals surface area (Å²) in [6.45, 7) is 5.97. The highest BCUT2D eigenvalue weighted by Gasteiger charge is 2.17. The number of rotatable bonds is 3. The second-order valence-electron chi connectivity index (χ2n) is 4.79. The van der Waals surface area contributed by atoms with Crippen molar-refractivity contribution in [3.63, 3.8) is 0 Å². The molecule has 2 aromatic carbocycles. The van der Waals surface area contributed by atoms with Gasteiger partial charge in [-0.15, -0.1) is 0 Å². The molecule has 0 aliphatic carbocycles. The summed E-state index contributed by atoms with van der Waals surface area (Å²) in [5.41, 5.74) is 4.53. The van der Waals surface area contributed by atoms with E-state index in [1.807, 2.05) is 57.2 Å². The van der Waals surface area contributed by atoms with Crippen molar-refractivity contribution in [1.29, 1.82) is 0 Å². The summed E-state index contributed by atoms with van der Waals surface area (Å²) in [5, 5.41) is 0. The summed E-state index contributed by atoms with van der Waals surface area (Å²) in [7, 11) is 1.61. The van der Waals surface area contributed by atoms with Crippen LogP contribution in [0.5, 0.6) is 5.75 Å². The molecule has 2 heteroatoms. The van der Waals surface area contributed by atoms with Crippen LogP contribution in [0.1, 0.15) is 32.6 Å². The van der Waals surface area contributed by atoms with Crippen LogP contribution in [0.3, 0.4) is 0 Å². The van der Waals surface area contributed by atoms with E-state index >= 15 is 0 Å². The van der Waals surface area contributed by atoms with Gasteiger partial charge in [-0.2, -0.15) is 0 Å². The van der Waals surface area contributed by atoms with E-state index in [2.05, 4.69) is 0 Å². The van der Waals surface area contributed by atoms with Crippen molar-refractivity contribution in [2.45, 2.75) is 20.8 Å². The van der Waals surface area contributed by atoms with Crippen molar-refractivity contribution in [1.82, 2.24) is 0 Å². The fourth-order valence-corrected chi connectivity index (χ4v) is 2.17. The number of methoxy groups -OCH3 is 1. The zero-order chi connectivity index (χ0) is 14.0. The van der Waals surface area contributed by atoms with Gasteiger partial charge in [-0.05, 0) is 44.0 Å². The van der Waals surface area contributed by atoms with Crippen molar-refractivity contribution in [3.05, 3.63) is 64.2 Å². The van der Waals surface area contributed by atoms with Crippen LogP contribution >= 0.6 is 0 Å². The van der Waals surface area contributed by atoms with E-state index in [1.165, 1.54) is 0 Å². The third-order valence-electron chi connectivity index (χ3n) is 3.41. The average molecular weight is 254 g/mol. The third kappa shape index (κ3) is 2.53. The molecule has 0 bridgehead atoms. The number of hydrogen-bond acceptors (Lipinski definition) is 2. The number of carbonyl (C=O) groups excluding carboxylic acids is 1. The van der Waals surface area contributed by atoms with Crippen LogP contribution < -0.4 is 4.74 Å². The number of hydrogen-bond donors (Lipinski definition) is 0. The van der Waals surface area contributed by atoms with E-state index < -0.39 is 0 Å². The van der Waals surface area contributed by atoms with E-state index in [0.29, 0.717) is 16.9 Å². The monoisotopic (exact) mass is 254 g/mol. The van der Waals surface area contributed by atoms with Crippen LogP contribution in [0.15, 0.2) is 36.4 Å². The molecule has 0 N–H and O–H groups in total. The Kier molecular flexibility index (Phi) is 3.70. The molecule has 0 spiro atoms. The number of carbonyl (C=O) groups is 1. The molecule has 98 valence electrons. The normalized spacial score (nSPS) is 10.3. The van der Waals surface area contributed by atoms with E-state index in [1.54, 1.807) is 7.11 Å². The van der Waals surface area contributed by atoms with Gasteiger partial charge in [0.2, 0.25) is 0 Å². The molecule has 2 nitrogen and oxygen atoms in total. The summed E-state index contributed by atoms with van der Waals surface area (Å²) in [6.07, 6.45) is 0. The Labute approximate surface area is 114 Å². The number of benzene rings is 2. The molecule has 0 saturated heterocycles. The lowest BCUT2D eigenvalue weighted by atomic mass is 9.97. The van der Waals surface area contributed by atoms with E-state index in [-0.39, 0.29) is 5.78 Å². The van der Waals surface area contributed by atoms with Crippen LogP contribution in [-0.4, -0.2) is 12.9 Å². The zero-order valence-electron chi connectivity index (χ0n) is 11.8. The van der Waals surface area contributed by atoms with Crippen LogP contribution in [-0.2, 0) is 0 Å². The average Bonchev–Trinajstić information content (AvgIpc) is 2.41. The SMILES string of the molecule is COc1c(C(=O)c2cccc(C)c2)ccc(C)c1C. The molecule has 0 saturated carbocycles. The molecule has 0 aliphatic heterocycles. The Morgan fingerprint density at radius 3 is 2.42 bits per heavy atom. The van der Waals surface area contributed by atoms with Gasteiger partial charge in [-0.1, -0.05) is 29.8 Å². The van der Waals surface area contributed by atoms with Crippen LogP contribution in [0, 0.1) is 20.8 Å². The summed E-state index contributed by atoms with van der Waals surface area (Å²) < 4.78 is 5.41. The van der Waals surface area contributed by atoms with E-state index in [4.69, 9.17) is 4.74 Å².